The van der Waals surface area contributed by atoms with Crippen molar-refractivity contribution in [2.45, 2.75) is 51.7 Å². The van der Waals surface area contributed by atoms with Gasteiger partial charge in [-0.15, -0.1) is 0 Å². The summed E-state index contributed by atoms with van der Waals surface area (Å²) in [4.78, 5) is 11.6. The average Bonchev–Trinajstić information content (AvgIpc) is 3.21. The highest BCUT2D eigenvalue weighted by atomic mass is 16.3. The Bertz CT molecular complexity index is 1140. The molecule has 6 nitrogen and oxygen atoms in total. The molecule has 0 aliphatic heterocycles. The summed E-state index contributed by atoms with van der Waals surface area (Å²) in [6, 6.07) is 19.4. The lowest BCUT2D eigenvalue weighted by molar-refractivity contribution is 0.342. The molecule has 1 aliphatic carbocycles. The lowest BCUT2D eigenvalue weighted by Crippen LogP contribution is -2.36. The summed E-state index contributed by atoms with van der Waals surface area (Å²) in [5.74, 6) is 2.68. The number of rotatable bonds is 6. The van der Waals surface area contributed by atoms with E-state index in [1.165, 1.54) is 5.39 Å². The lowest BCUT2D eigenvalue weighted by atomic mass is 9.91. The molecule has 0 spiro atoms. The van der Waals surface area contributed by atoms with Crippen LogP contribution in [0.2, 0.25) is 0 Å². The SMILES string of the molecule is C.CN(C)c1nc(NC2CCC(NCc3cc4ccccc4o3)CC2)nc2ccccc12. The molecule has 2 heterocycles. The number of nitrogens with zero attached hydrogens (tertiary/aromatic N) is 3. The minimum atomic E-state index is 0. The molecule has 2 N–H and O–H groups in total. The molecule has 168 valence electrons. The number of fused-ring (bicyclic) bond motifs is 2. The number of hydrogen-bond acceptors (Lipinski definition) is 6. The van der Waals surface area contributed by atoms with E-state index in [1.54, 1.807) is 0 Å². The van der Waals surface area contributed by atoms with Crippen LogP contribution < -0.4 is 15.5 Å². The van der Waals surface area contributed by atoms with Crippen LogP contribution in [0.5, 0.6) is 0 Å². The molecule has 0 radical (unpaired) electrons. The van der Waals surface area contributed by atoms with Crippen molar-refractivity contribution in [1.82, 2.24) is 15.3 Å². The topological polar surface area (TPSA) is 66.2 Å². The Kier molecular flexibility index (Phi) is 6.61. The van der Waals surface area contributed by atoms with E-state index in [-0.39, 0.29) is 7.43 Å². The van der Waals surface area contributed by atoms with Gasteiger partial charge in [-0.05, 0) is 49.9 Å². The minimum Gasteiger partial charge on any atom is -0.460 e. The van der Waals surface area contributed by atoms with Crippen molar-refractivity contribution in [3.8, 4) is 0 Å². The van der Waals surface area contributed by atoms with E-state index in [0.717, 1.165) is 66.2 Å². The van der Waals surface area contributed by atoms with Crippen molar-refractivity contribution in [1.29, 1.82) is 0 Å². The molecule has 1 aliphatic rings. The Balaban J connectivity index is 0.00000245. The number of benzene rings is 2. The van der Waals surface area contributed by atoms with E-state index in [0.29, 0.717) is 12.1 Å². The van der Waals surface area contributed by atoms with E-state index >= 15 is 0 Å². The standard InChI is InChI=1S/C25H29N5O.CH4/c1-30(2)24-21-8-4-5-9-22(21)28-25(29-24)27-19-13-11-18(12-14-19)26-16-20-15-17-7-3-6-10-23(17)31-20;/h3-10,15,18-19,26H,11-14,16H2,1-2H3,(H,27,28,29);1H4. The molecule has 6 heteroatoms. The molecule has 0 amide bonds. The van der Waals surface area contributed by atoms with Gasteiger partial charge in [0.1, 0.15) is 17.2 Å². The fraction of sp³-hybridized carbons (Fsp3) is 0.385. The summed E-state index contributed by atoms with van der Waals surface area (Å²) < 4.78 is 5.93. The van der Waals surface area contributed by atoms with Gasteiger partial charge in [0.2, 0.25) is 5.95 Å². The first-order chi connectivity index (χ1) is 15.2. The first-order valence-electron chi connectivity index (χ1n) is 11.1. The molecular formula is C26H33N5O. The number of nitrogens with one attached hydrogen (secondary N) is 2. The van der Waals surface area contributed by atoms with Gasteiger partial charge in [0, 0.05) is 37.0 Å². The smallest absolute Gasteiger partial charge is 0.225 e. The zero-order chi connectivity index (χ0) is 21.2. The zero-order valence-electron chi connectivity index (χ0n) is 18.1. The fourth-order valence-corrected chi connectivity index (χ4v) is 4.46. The zero-order valence-corrected chi connectivity index (χ0v) is 18.1. The molecule has 1 fully saturated rings. The van der Waals surface area contributed by atoms with E-state index in [9.17, 15) is 0 Å². The van der Waals surface area contributed by atoms with Crippen LogP contribution in [0.1, 0.15) is 38.9 Å². The van der Waals surface area contributed by atoms with Gasteiger partial charge in [-0.1, -0.05) is 37.8 Å². The molecule has 1 saturated carbocycles. The Hall–Kier alpha value is -3.12. The van der Waals surface area contributed by atoms with Crippen molar-refractivity contribution < 1.29 is 4.42 Å². The third-order valence-electron chi connectivity index (χ3n) is 6.11. The lowest BCUT2D eigenvalue weighted by Gasteiger charge is -2.30. The van der Waals surface area contributed by atoms with Gasteiger partial charge in [-0.25, -0.2) is 4.98 Å². The number of furan rings is 1. The van der Waals surface area contributed by atoms with Gasteiger partial charge in [0.25, 0.3) is 0 Å². The maximum atomic E-state index is 5.93. The van der Waals surface area contributed by atoms with E-state index in [4.69, 9.17) is 14.4 Å². The maximum Gasteiger partial charge on any atom is 0.225 e. The quantitative estimate of drug-likeness (QED) is 0.415. The number of para-hydroxylation sites is 2. The predicted molar refractivity (Wildman–Crippen MR) is 133 cm³/mol. The molecule has 2 aromatic heterocycles. The summed E-state index contributed by atoms with van der Waals surface area (Å²) in [5.41, 5.74) is 1.93. The van der Waals surface area contributed by atoms with Crippen molar-refractivity contribution in [2.24, 2.45) is 0 Å². The van der Waals surface area contributed by atoms with Crippen LogP contribution >= 0.6 is 0 Å². The van der Waals surface area contributed by atoms with Crippen molar-refractivity contribution in [3.63, 3.8) is 0 Å². The highest BCUT2D eigenvalue weighted by Gasteiger charge is 2.22. The van der Waals surface area contributed by atoms with Crippen LogP contribution in [-0.2, 0) is 6.54 Å². The minimum absolute atomic E-state index is 0. The van der Waals surface area contributed by atoms with Crippen molar-refractivity contribution >= 4 is 33.6 Å². The Morgan fingerprint density at radius 1 is 0.938 bits per heavy atom. The Labute approximate surface area is 190 Å². The highest BCUT2D eigenvalue weighted by Crippen LogP contribution is 2.27. The molecule has 0 saturated heterocycles. The molecule has 32 heavy (non-hydrogen) atoms. The van der Waals surface area contributed by atoms with E-state index in [2.05, 4.69) is 28.8 Å². The van der Waals surface area contributed by atoms with Gasteiger partial charge in [-0.2, -0.15) is 4.98 Å². The van der Waals surface area contributed by atoms with Crippen molar-refractivity contribution in [3.05, 3.63) is 60.4 Å². The van der Waals surface area contributed by atoms with Gasteiger partial charge in [0.15, 0.2) is 0 Å². The predicted octanol–water partition coefficient (Wildman–Crippen LogP) is 5.59. The molecule has 2 aromatic carbocycles. The number of aromatic nitrogens is 2. The number of anilines is 2. The second-order valence-corrected chi connectivity index (χ2v) is 8.61. The first kappa shape index (κ1) is 22.1. The second-order valence-electron chi connectivity index (χ2n) is 8.61. The molecule has 0 atom stereocenters. The summed E-state index contributed by atoms with van der Waals surface area (Å²) in [7, 11) is 4.05. The second kappa shape index (κ2) is 9.57. The molecular weight excluding hydrogens is 398 g/mol. The summed E-state index contributed by atoms with van der Waals surface area (Å²) >= 11 is 0. The van der Waals surface area contributed by atoms with Gasteiger partial charge >= 0.3 is 0 Å². The summed E-state index contributed by atoms with van der Waals surface area (Å²) in [5, 5.41) is 9.50. The third kappa shape index (κ3) is 4.70. The average molecular weight is 432 g/mol. The molecule has 4 aromatic rings. The normalized spacial score (nSPS) is 18.4. The monoisotopic (exact) mass is 431 g/mol. The number of hydrogen-bond donors (Lipinski definition) is 2. The van der Waals surface area contributed by atoms with Gasteiger partial charge in [0.05, 0.1) is 12.1 Å². The van der Waals surface area contributed by atoms with Crippen LogP contribution in [0.4, 0.5) is 11.8 Å². The highest BCUT2D eigenvalue weighted by molar-refractivity contribution is 5.90. The molecule has 5 rings (SSSR count). The summed E-state index contributed by atoms with van der Waals surface area (Å²) in [6.45, 7) is 0.775. The molecule has 0 unspecified atom stereocenters. The van der Waals surface area contributed by atoms with Crippen molar-refractivity contribution in [2.75, 3.05) is 24.3 Å². The summed E-state index contributed by atoms with van der Waals surface area (Å²) in [6.07, 6.45) is 4.47. The van der Waals surface area contributed by atoms with Crippen LogP contribution in [0.15, 0.2) is 59.0 Å². The fourth-order valence-electron chi connectivity index (χ4n) is 4.46. The largest absolute Gasteiger partial charge is 0.460 e. The van der Waals surface area contributed by atoms with Gasteiger partial charge < -0.3 is 20.0 Å². The van der Waals surface area contributed by atoms with Crippen LogP contribution in [-0.4, -0.2) is 36.1 Å². The van der Waals surface area contributed by atoms with E-state index in [1.807, 2.05) is 55.4 Å². The van der Waals surface area contributed by atoms with E-state index < -0.39 is 0 Å². The molecule has 0 bridgehead atoms. The maximum absolute atomic E-state index is 5.93. The Morgan fingerprint density at radius 3 is 2.44 bits per heavy atom. The van der Waals surface area contributed by atoms with Crippen LogP contribution in [0, 0.1) is 0 Å². The van der Waals surface area contributed by atoms with Crippen LogP contribution in [0.3, 0.4) is 0 Å². The Morgan fingerprint density at radius 2 is 1.66 bits per heavy atom. The van der Waals surface area contributed by atoms with Crippen LogP contribution in [0.25, 0.3) is 21.9 Å². The van der Waals surface area contributed by atoms with Gasteiger partial charge in [-0.3, -0.25) is 0 Å². The third-order valence-corrected chi connectivity index (χ3v) is 6.11. The first-order valence-corrected chi connectivity index (χ1v) is 11.1.